The number of carbonyl (C=O) groups excluding carboxylic acids is 5. The monoisotopic (exact) mass is 535 g/mol. The van der Waals surface area contributed by atoms with E-state index in [1.54, 1.807) is 13.8 Å². The molecular weight excluding hydrogens is 498 g/mol. The molecule has 0 spiro atoms. The van der Waals surface area contributed by atoms with Crippen molar-refractivity contribution >= 4 is 29.6 Å². The Balaban J connectivity index is 2.54. The van der Waals surface area contributed by atoms with E-state index in [2.05, 4.69) is 5.32 Å². The van der Waals surface area contributed by atoms with E-state index in [0.29, 0.717) is 6.42 Å². The van der Waals surface area contributed by atoms with Gasteiger partial charge in [-0.15, -0.1) is 0 Å². The maximum absolute atomic E-state index is 13.4. The third-order valence-electron chi connectivity index (χ3n) is 6.56. The first-order valence-corrected chi connectivity index (χ1v) is 12.6. The molecule has 210 valence electrons. The number of ether oxygens (including phenoxy) is 3. The van der Waals surface area contributed by atoms with Gasteiger partial charge in [0.1, 0.15) is 11.5 Å². The highest BCUT2D eigenvalue weighted by Gasteiger charge is 2.47. The van der Waals surface area contributed by atoms with Gasteiger partial charge in [0.15, 0.2) is 29.4 Å². The first kappa shape index (κ1) is 30.6. The summed E-state index contributed by atoms with van der Waals surface area (Å²) >= 11 is 0. The number of carbonyl (C=O) groups is 5. The number of para-hydroxylation sites is 1. The van der Waals surface area contributed by atoms with E-state index in [-0.39, 0.29) is 17.9 Å². The first-order valence-electron chi connectivity index (χ1n) is 12.6. The van der Waals surface area contributed by atoms with Gasteiger partial charge in [0, 0.05) is 5.92 Å². The van der Waals surface area contributed by atoms with Crippen LogP contribution in [0.4, 0.5) is 0 Å². The Bertz CT molecular complexity index is 1080. The second-order valence-electron chi connectivity index (χ2n) is 10.5. The Morgan fingerprint density at radius 3 is 2.24 bits per heavy atom. The Morgan fingerprint density at radius 1 is 1.03 bits per heavy atom. The molecule has 0 bridgehead atoms. The Kier molecular flexibility index (Phi) is 9.88. The molecule has 1 heterocycles. The first-order chi connectivity index (χ1) is 17.6. The molecule has 11 nitrogen and oxygen atoms in total. The molecule has 0 aromatic heterocycles. The fraction of sp³-hybridized carbons (Fsp3) is 0.593. The summed E-state index contributed by atoms with van der Waals surface area (Å²) in [7, 11) is 0. The Labute approximate surface area is 221 Å². The van der Waals surface area contributed by atoms with Crippen LogP contribution in [0.3, 0.4) is 0 Å². The number of ketones is 1. The molecule has 1 saturated heterocycles. The second kappa shape index (κ2) is 12.3. The molecule has 3 unspecified atom stereocenters. The molecule has 1 fully saturated rings. The lowest BCUT2D eigenvalue weighted by Gasteiger charge is -2.33. The van der Waals surface area contributed by atoms with E-state index in [1.807, 2.05) is 13.8 Å². The van der Waals surface area contributed by atoms with Crippen molar-refractivity contribution in [3.63, 3.8) is 0 Å². The normalized spacial score (nSPS) is 25.4. The van der Waals surface area contributed by atoms with E-state index in [9.17, 15) is 34.2 Å². The zero-order chi connectivity index (χ0) is 28.9. The summed E-state index contributed by atoms with van der Waals surface area (Å²) in [6.45, 7) is 11.1. The zero-order valence-electron chi connectivity index (χ0n) is 22.8. The minimum Gasteiger partial charge on any atom is -0.504 e. The topological polar surface area (TPSA) is 166 Å². The van der Waals surface area contributed by atoms with Crippen molar-refractivity contribution in [2.45, 2.75) is 85.7 Å². The number of aromatic hydroxyl groups is 2. The van der Waals surface area contributed by atoms with Crippen molar-refractivity contribution in [3.8, 4) is 11.5 Å². The molecule has 0 aliphatic carbocycles. The smallest absolute Gasteiger partial charge is 0.348 e. The molecule has 1 amide bonds. The minimum absolute atomic E-state index is 0.0616. The molecule has 1 aromatic carbocycles. The lowest BCUT2D eigenvalue weighted by Crippen LogP contribution is -2.54. The third kappa shape index (κ3) is 6.81. The Morgan fingerprint density at radius 2 is 1.66 bits per heavy atom. The molecule has 1 aromatic rings. The summed E-state index contributed by atoms with van der Waals surface area (Å²) in [4.78, 5) is 65.9. The minimum atomic E-state index is -1.75. The number of nitrogens with one attached hydrogen (secondary N) is 1. The number of Topliss-reactive ketones (excluding diaryl/α,β-unsaturated/α-hetero) is 1. The Hall–Kier alpha value is -3.63. The molecule has 38 heavy (non-hydrogen) atoms. The fourth-order valence-corrected chi connectivity index (χ4v) is 3.84. The quantitative estimate of drug-likeness (QED) is 0.213. The molecule has 3 N–H and O–H groups in total. The van der Waals surface area contributed by atoms with E-state index >= 15 is 0 Å². The summed E-state index contributed by atoms with van der Waals surface area (Å²) in [5.41, 5.74) is -2.10. The third-order valence-corrected chi connectivity index (χ3v) is 6.56. The standard InChI is InChI=1S/C27H37NO10/c1-8-14(4)21-25(34)37-18(12-13(2)3)22(31)27(6,7)26(35)36-15(5)19(24(33)38-21)28-23(32)16-10-9-11-17(29)20(16)30/h9-11,13-15,18-19,21,29-30H,8,12H2,1-7H3,(H,28,32)/t14?,15-,18?,19+,21?/m1/s1. The lowest BCUT2D eigenvalue weighted by atomic mass is 9.82. The van der Waals surface area contributed by atoms with Gasteiger partial charge >= 0.3 is 17.9 Å². The van der Waals surface area contributed by atoms with Gasteiger partial charge < -0.3 is 29.7 Å². The van der Waals surface area contributed by atoms with E-state index in [4.69, 9.17) is 14.2 Å². The summed E-state index contributed by atoms with van der Waals surface area (Å²) in [5, 5.41) is 22.2. The van der Waals surface area contributed by atoms with Gasteiger partial charge in [-0.05, 0) is 51.7 Å². The number of benzene rings is 1. The van der Waals surface area contributed by atoms with Crippen LogP contribution in [0.2, 0.25) is 0 Å². The van der Waals surface area contributed by atoms with Crippen LogP contribution in [0.15, 0.2) is 18.2 Å². The van der Waals surface area contributed by atoms with Crippen molar-refractivity contribution in [1.29, 1.82) is 0 Å². The highest BCUT2D eigenvalue weighted by molar-refractivity contribution is 6.06. The predicted molar refractivity (Wildman–Crippen MR) is 134 cm³/mol. The predicted octanol–water partition coefficient (Wildman–Crippen LogP) is 2.65. The van der Waals surface area contributed by atoms with Gasteiger partial charge in [-0.1, -0.05) is 33.8 Å². The van der Waals surface area contributed by atoms with Gasteiger partial charge in [-0.2, -0.15) is 0 Å². The van der Waals surface area contributed by atoms with Gasteiger partial charge in [0.25, 0.3) is 5.91 Å². The number of hydrogen-bond acceptors (Lipinski definition) is 10. The number of rotatable bonds is 6. The molecular formula is C27H37NO10. The maximum Gasteiger partial charge on any atom is 0.348 e. The number of cyclic esters (lactones) is 3. The van der Waals surface area contributed by atoms with Crippen LogP contribution >= 0.6 is 0 Å². The SMILES string of the molecule is CCC(C)C1OC(=O)[C@@H](NC(=O)c2cccc(O)c2O)[C@@H](C)OC(=O)C(C)(C)C(=O)C(CC(C)C)OC1=O. The van der Waals surface area contributed by atoms with Crippen molar-refractivity contribution < 1.29 is 48.4 Å². The molecule has 0 saturated carbocycles. The van der Waals surface area contributed by atoms with Crippen molar-refractivity contribution in [3.05, 3.63) is 23.8 Å². The second-order valence-corrected chi connectivity index (χ2v) is 10.5. The van der Waals surface area contributed by atoms with Gasteiger partial charge in [0.05, 0.1) is 5.56 Å². The molecule has 2 rings (SSSR count). The number of phenolic OH excluding ortho intramolecular Hbond substituents is 2. The summed E-state index contributed by atoms with van der Waals surface area (Å²) in [6, 6.07) is 2.04. The van der Waals surface area contributed by atoms with Crippen LogP contribution in [0.25, 0.3) is 0 Å². The highest BCUT2D eigenvalue weighted by atomic mass is 16.6. The number of hydrogen-bond donors (Lipinski definition) is 3. The molecule has 1 aliphatic rings. The highest BCUT2D eigenvalue weighted by Crippen LogP contribution is 2.30. The summed E-state index contributed by atoms with van der Waals surface area (Å²) in [6.07, 6.45) is -3.46. The van der Waals surface area contributed by atoms with Crippen LogP contribution < -0.4 is 5.32 Å². The van der Waals surface area contributed by atoms with Crippen molar-refractivity contribution in [1.82, 2.24) is 5.32 Å². The van der Waals surface area contributed by atoms with Crippen molar-refractivity contribution in [2.24, 2.45) is 17.3 Å². The van der Waals surface area contributed by atoms with Crippen LogP contribution in [-0.2, 0) is 33.4 Å². The van der Waals surface area contributed by atoms with Gasteiger partial charge in [0.2, 0.25) is 6.10 Å². The van der Waals surface area contributed by atoms with Crippen LogP contribution in [0, 0.1) is 17.3 Å². The van der Waals surface area contributed by atoms with Crippen LogP contribution in [0.1, 0.15) is 71.7 Å². The molecule has 1 aliphatic heterocycles. The fourth-order valence-electron chi connectivity index (χ4n) is 3.84. The lowest BCUT2D eigenvalue weighted by molar-refractivity contribution is -0.186. The molecule has 0 radical (unpaired) electrons. The molecule has 5 atom stereocenters. The van der Waals surface area contributed by atoms with E-state index < -0.39 is 76.8 Å². The van der Waals surface area contributed by atoms with Gasteiger partial charge in [-0.3, -0.25) is 14.4 Å². The summed E-state index contributed by atoms with van der Waals surface area (Å²) in [5.74, 6) is -6.54. The summed E-state index contributed by atoms with van der Waals surface area (Å²) < 4.78 is 16.5. The van der Waals surface area contributed by atoms with Crippen LogP contribution in [-0.4, -0.2) is 64.2 Å². The molecule has 11 heteroatoms. The van der Waals surface area contributed by atoms with E-state index in [1.165, 1.54) is 32.9 Å². The number of amides is 1. The average molecular weight is 536 g/mol. The van der Waals surface area contributed by atoms with Gasteiger partial charge in [-0.25, -0.2) is 9.59 Å². The largest absolute Gasteiger partial charge is 0.504 e. The average Bonchev–Trinajstić information content (AvgIpc) is 2.84. The maximum atomic E-state index is 13.4. The number of phenols is 2. The number of esters is 3. The van der Waals surface area contributed by atoms with E-state index in [0.717, 1.165) is 6.07 Å². The van der Waals surface area contributed by atoms with Crippen molar-refractivity contribution in [2.75, 3.05) is 0 Å². The van der Waals surface area contributed by atoms with Crippen LogP contribution in [0.5, 0.6) is 11.5 Å². The zero-order valence-corrected chi connectivity index (χ0v) is 22.8.